The molecule has 8 nitrogen and oxygen atoms in total. The van der Waals surface area contributed by atoms with Crippen LogP contribution >= 0.6 is 0 Å². The molecular formula is C16H26N6O2. The number of aliphatic hydroxyl groups is 1. The summed E-state index contributed by atoms with van der Waals surface area (Å²) in [5.41, 5.74) is -0.544. The number of rotatable bonds is 6. The molecular weight excluding hydrogens is 308 g/mol. The lowest BCUT2D eigenvalue weighted by Crippen LogP contribution is -2.45. The molecule has 0 bridgehead atoms. The Bertz CT molecular complexity index is 688. The summed E-state index contributed by atoms with van der Waals surface area (Å²) in [7, 11) is 3.67. The number of urea groups is 1. The van der Waals surface area contributed by atoms with E-state index >= 15 is 0 Å². The van der Waals surface area contributed by atoms with Crippen LogP contribution in [0.25, 0.3) is 0 Å². The van der Waals surface area contributed by atoms with Crippen LogP contribution in [-0.4, -0.2) is 37.0 Å². The molecule has 0 saturated heterocycles. The van der Waals surface area contributed by atoms with E-state index in [1.807, 2.05) is 31.7 Å². The highest BCUT2D eigenvalue weighted by molar-refractivity contribution is 5.74. The van der Waals surface area contributed by atoms with E-state index in [-0.39, 0.29) is 24.5 Å². The molecule has 8 heteroatoms. The number of amides is 2. The van der Waals surface area contributed by atoms with Gasteiger partial charge in [-0.1, -0.05) is 13.8 Å². The van der Waals surface area contributed by atoms with Gasteiger partial charge >= 0.3 is 6.03 Å². The highest BCUT2D eigenvalue weighted by Gasteiger charge is 2.27. The Hall–Kier alpha value is -2.35. The molecule has 0 radical (unpaired) electrons. The number of hydrogen-bond donors (Lipinski definition) is 3. The lowest BCUT2D eigenvalue weighted by Gasteiger charge is -2.25. The summed E-state index contributed by atoms with van der Waals surface area (Å²) in [4.78, 5) is 16.6. The minimum atomic E-state index is -1.19. The largest absolute Gasteiger partial charge is 0.383 e. The third-order valence-corrected chi connectivity index (χ3v) is 4.01. The van der Waals surface area contributed by atoms with E-state index in [1.165, 1.54) is 0 Å². The normalized spacial score (nSPS) is 15.1. The Morgan fingerprint density at radius 2 is 2.12 bits per heavy atom. The zero-order chi connectivity index (χ0) is 17.9. The maximum atomic E-state index is 12.3. The molecule has 3 N–H and O–H groups in total. The number of carbonyl (C=O) groups excluding carboxylic acids is 1. The minimum Gasteiger partial charge on any atom is -0.383 e. The number of carbonyl (C=O) groups is 1. The fourth-order valence-electron chi connectivity index (χ4n) is 2.45. The van der Waals surface area contributed by atoms with E-state index in [2.05, 4.69) is 20.7 Å². The lowest BCUT2D eigenvalue weighted by molar-refractivity contribution is 0.0591. The number of hydrogen-bond acceptors (Lipinski definition) is 4. The van der Waals surface area contributed by atoms with Crippen molar-refractivity contribution in [1.82, 2.24) is 30.0 Å². The molecule has 0 aliphatic heterocycles. The number of imidazole rings is 1. The molecule has 2 atom stereocenters. The smallest absolute Gasteiger partial charge is 0.315 e. The van der Waals surface area contributed by atoms with E-state index in [0.717, 1.165) is 5.82 Å². The molecule has 2 rings (SSSR count). The first-order valence-corrected chi connectivity index (χ1v) is 7.94. The molecule has 0 aromatic carbocycles. The van der Waals surface area contributed by atoms with Gasteiger partial charge in [-0.2, -0.15) is 5.10 Å². The Kier molecular flexibility index (Phi) is 5.28. The van der Waals surface area contributed by atoms with Gasteiger partial charge in [0.1, 0.15) is 11.4 Å². The van der Waals surface area contributed by atoms with Gasteiger partial charge in [0.2, 0.25) is 0 Å². The van der Waals surface area contributed by atoms with Crippen molar-refractivity contribution in [1.29, 1.82) is 0 Å². The van der Waals surface area contributed by atoms with Crippen molar-refractivity contribution >= 4 is 6.03 Å². The van der Waals surface area contributed by atoms with Crippen molar-refractivity contribution in [2.75, 3.05) is 6.54 Å². The Balaban J connectivity index is 1.98. The minimum absolute atomic E-state index is 0.0793. The van der Waals surface area contributed by atoms with Crippen LogP contribution in [0, 0.1) is 5.92 Å². The predicted molar refractivity (Wildman–Crippen MR) is 90.1 cm³/mol. The average molecular weight is 334 g/mol. The second-order valence-corrected chi connectivity index (χ2v) is 6.62. The van der Waals surface area contributed by atoms with Crippen LogP contribution in [0.15, 0.2) is 24.8 Å². The number of nitrogens with one attached hydrogen (secondary N) is 2. The van der Waals surface area contributed by atoms with Gasteiger partial charge in [0, 0.05) is 38.2 Å². The van der Waals surface area contributed by atoms with Gasteiger partial charge in [-0.15, -0.1) is 0 Å². The molecule has 2 aromatic rings. The summed E-state index contributed by atoms with van der Waals surface area (Å²) in [6, 6.07) is -0.561. The monoisotopic (exact) mass is 334 g/mol. The first-order chi connectivity index (χ1) is 11.2. The first-order valence-electron chi connectivity index (χ1n) is 7.94. The number of aromatic nitrogens is 4. The third-order valence-electron chi connectivity index (χ3n) is 4.01. The standard InChI is InChI=1S/C16H26N6O2/c1-11(2)13(14-17-6-7-21(14)4)20-15(23)18-10-16(3,24)12-8-19-22(5)9-12/h6-9,11,13,24H,10H2,1-5H3,(H2,18,20,23)/t13-,16-/m0/s1. The summed E-state index contributed by atoms with van der Waals surface area (Å²) >= 11 is 0. The highest BCUT2D eigenvalue weighted by Crippen LogP contribution is 2.20. The first kappa shape index (κ1) is 18.0. The number of aryl methyl sites for hydroxylation is 2. The van der Waals surface area contributed by atoms with E-state index < -0.39 is 5.60 Å². The van der Waals surface area contributed by atoms with Gasteiger partial charge in [-0.25, -0.2) is 9.78 Å². The Morgan fingerprint density at radius 1 is 1.42 bits per heavy atom. The average Bonchev–Trinajstić information content (AvgIpc) is 3.11. The highest BCUT2D eigenvalue weighted by atomic mass is 16.3. The maximum absolute atomic E-state index is 12.3. The van der Waals surface area contributed by atoms with Crippen LogP contribution in [0.1, 0.15) is 38.2 Å². The van der Waals surface area contributed by atoms with Gasteiger partial charge in [0.05, 0.1) is 18.8 Å². The molecule has 132 valence electrons. The molecule has 0 spiro atoms. The van der Waals surface area contributed by atoms with Crippen LogP contribution < -0.4 is 10.6 Å². The van der Waals surface area contributed by atoms with Crippen molar-refractivity contribution in [2.45, 2.75) is 32.4 Å². The van der Waals surface area contributed by atoms with Gasteiger partial charge in [0.25, 0.3) is 0 Å². The summed E-state index contributed by atoms with van der Waals surface area (Å²) in [5.74, 6) is 0.967. The van der Waals surface area contributed by atoms with Gasteiger partial charge in [-0.3, -0.25) is 4.68 Å². The molecule has 0 fully saturated rings. The van der Waals surface area contributed by atoms with E-state index in [0.29, 0.717) is 5.56 Å². The van der Waals surface area contributed by atoms with Crippen LogP contribution in [-0.2, 0) is 19.7 Å². The summed E-state index contributed by atoms with van der Waals surface area (Å²) in [6.07, 6.45) is 6.86. The molecule has 24 heavy (non-hydrogen) atoms. The molecule has 0 unspecified atom stereocenters. The summed E-state index contributed by atoms with van der Waals surface area (Å²) in [6.45, 7) is 5.76. The lowest BCUT2D eigenvalue weighted by atomic mass is 10.00. The second kappa shape index (κ2) is 7.04. The zero-order valence-electron chi connectivity index (χ0n) is 14.8. The van der Waals surface area contributed by atoms with E-state index in [9.17, 15) is 9.90 Å². The molecule has 0 saturated carbocycles. The third kappa shape index (κ3) is 4.14. The maximum Gasteiger partial charge on any atom is 0.315 e. The van der Waals surface area contributed by atoms with Gasteiger partial charge in [0.15, 0.2) is 0 Å². The van der Waals surface area contributed by atoms with Crippen molar-refractivity contribution in [3.63, 3.8) is 0 Å². The van der Waals surface area contributed by atoms with Crippen LogP contribution in [0.4, 0.5) is 4.79 Å². The second-order valence-electron chi connectivity index (χ2n) is 6.62. The fourth-order valence-corrected chi connectivity index (χ4v) is 2.45. The topological polar surface area (TPSA) is 97.0 Å². The molecule has 2 heterocycles. The van der Waals surface area contributed by atoms with Crippen molar-refractivity contribution in [2.24, 2.45) is 20.0 Å². The number of nitrogens with zero attached hydrogens (tertiary/aromatic N) is 4. The molecule has 0 aliphatic carbocycles. The van der Waals surface area contributed by atoms with Crippen LogP contribution in [0.2, 0.25) is 0 Å². The van der Waals surface area contributed by atoms with Crippen LogP contribution in [0.5, 0.6) is 0 Å². The quantitative estimate of drug-likeness (QED) is 0.736. The van der Waals surface area contributed by atoms with Crippen LogP contribution in [0.3, 0.4) is 0 Å². The summed E-state index contributed by atoms with van der Waals surface area (Å²) < 4.78 is 3.50. The Morgan fingerprint density at radius 3 is 2.62 bits per heavy atom. The van der Waals surface area contributed by atoms with Gasteiger partial charge in [-0.05, 0) is 12.8 Å². The molecule has 2 aromatic heterocycles. The molecule has 0 aliphatic rings. The van der Waals surface area contributed by atoms with E-state index in [4.69, 9.17) is 0 Å². The van der Waals surface area contributed by atoms with E-state index in [1.54, 1.807) is 37.2 Å². The van der Waals surface area contributed by atoms with Crippen molar-refractivity contribution in [3.05, 3.63) is 36.2 Å². The fraction of sp³-hybridized carbons (Fsp3) is 0.562. The van der Waals surface area contributed by atoms with Crippen molar-refractivity contribution < 1.29 is 9.90 Å². The Labute approximate surface area is 141 Å². The molecule has 2 amide bonds. The zero-order valence-corrected chi connectivity index (χ0v) is 14.8. The predicted octanol–water partition coefficient (Wildman–Crippen LogP) is 1.06. The SMILES string of the molecule is CC(C)[C@H](NC(=O)NC[C@](C)(O)c1cnn(C)c1)c1nccn1C. The van der Waals surface area contributed by atoms with Crippen molar-refractivity contribution in [3.8, 4) is 0 Å². The summed E-state index contributed by atoms with van der Waals surface area (Å²) in [5, 5.41) is 20.2. The van der Waals surface area contributed by atoms with Gasteiger partial charge < -0.3 is 20.3 Å².